The third-order valence-corrected chi connectivity index (χ3v) is 2.80. The van der Waals surface area contributed by atoms with Crippen LogP contribution in [0.4, 0.5) is 0 Å². The van der Waals surface area contributed by atoms with Crippen LogP contribution >= 0.6 is 8.03 Å². The Bertz CT molecular complexity index is 474. The van der Waals surface area contributed by atoms with Crippen molar-refractivity contribution in [3.63, 3.8) is 0 Å². The van der Waals surface area contributed by atoms with Gasteiger partial charge in [0.1, 0.15) is 0 Å². The lowest BCUT2D eigenvalue weighted by molar-refractivity contribution is 0.502. The predicted octanol–water partition coefficient (Wildman–Crippen LogP) is 3.07. The molecule has 0 radical (unpaired) electrons. The first kappa shape index (κ1) is 9.32. The van der Waals surface area contributed by atoms with Crippen LogP contribution in [0.15, 0.2) is 42.5 Å². The highest BCUT2D eigenvalue weighted by molar-refractivity contribution is 7.37. The van der Waals surface area contributed by atoms with Crippen molar-refractivity contribution < 1.29 is 9.46 Å². The van der Waals surface area contributed by atoms with Crippen LogP contribution < -0.4 is 0 Å². The first-order valence-corrected chi connectivity index (χ1v) is 5.77. The van der Waals surface area contributed by atoms with Crippen molar-refractivity contribution in [1.29, 1.82) is 0 Å². The molecule has 0 bridgehead atoms. The Balaban J connectivity index is 2.59. The zero-order valence-electron chi connectivity index (χ0n) is 7.55. The minimum atomic E-state index is -2.10. The van der Waals surface area contributed by atoms with E-state index in [-0.39, 0.29) is 6.16 Å². The van der Waals surface area contributed by atoms with E-state index in [2.05, 4.69) is 0 Å². The average molecular weight is 205 g/mol. The molecule has 0 saturated carbocycles. The highest BCUT2D eigenvalue weighted by Gasteiger charge is 2.13. The van der Waals surface area contributed by atoms with Gasteiger partial charge in [-0.15, -0.1) is 0 Å². The fourth-order valence-corrected chi connectivity index (χ4v) is 2.14. The van der Waals surface area contributed by atoms with Gasteiger partial charge in [-0.05, 0) is 15.3 Å². The summed E-state index contributed by atoms with van der Waals surface area (Å²) in [4.78, 5) is 8.87. The Morgan fingerprint density at radius 3 is 2.57 bits per heavy atom. The Kier molecular flexibility index (Phi) is 2.58. The highest BCUT2D eigenvalue weighted by atomic mass is 31.1. The summed E-state index contributed by atoms with van der Waals surface area (Å²) in [6.07, 6.45) is 0.233. The van der Waals surface area contributed by atoms with Crippen molar-refractivity contribution in [2.45, 2.75) is 6.16 Å². The number of hydrogen-bond acceptors (Lipinski definition) is 1. The van der Waals surface area contributed by atoms with Gasteiger partial charge in [0.2, 0.25) is 6.16 Å². The molecule has 3 heteroatoms. The first-order chi connectivity index (χ1) is 6.77. The van der Waals surface area contributed by atoms with Gasteiger partial charge in [0.25, 0.3) is 0 Å². The number of fused-ring (bicyclic) bond motifs is 1. The molecule has 0 fully saturated rings. The smallest absolute Gasteiger partial charge is 0.160 e. The largest absolute Gasteiger partial charge is 0.510 e. The molecular weight excluding hydrogens is 195 g/mol. The van der Waals surface area contributed by atoms with Crippen molar-refractivity contribution in [3.05, 3.63) is 48.0 Å². The Hall–Kier alpha value is -1.24. The maximum Gasteiger partial charge on any atom is 0.510 e. The van der Waals surface area contributed by atoms with Gasteiger partial charge in [-0.3, -0.25) is 0 Å². The van der Waals surface area contributed by atoms with E-state index in [1.807, 2.05) is 42.5 Å². The van der Waals surface area contributed by atoms with E-state index in [4.69, 9.17) is 4.89 Å². The van der Waals surface area contributed by atoms with Gasteiger partial charge in [-0.2, -0.15) is 4.89 Å². The van der Waals surface area contributed by atoms with Crippen molar-refractivity contribution in [1.82, 2.24) is 0 Å². The molecule has 1 N–H and O–H groups in total. The Morgan fingerprint density at radius 1 is 1.07 bits per heavy atom. The van der Waals surface area contributed by atoms with Crippen LogP contribution in [0.3, 0.4) is 0 Å². The first-order valence-electron chi connectivity index (χ1n) is 4.37. The Morgan fingerprint density at radius 2 is 1.79 bits per heavy atom. The summed E-state index contributed by atoms with van der Waals surface area (Å²) in [6.45, 7) is 0. The number of rotatable bonds is 2. The van der Waals surface area contributed by atoms with Crippen LogP contribution in [-0.4, -0.2) is 4.89 Å². The summed E-state index contributed by atoms with van der Waals surface area (Å²) in [5.74, 6) is 0. The monoisotopic (exact) mass is 205 g/mol. The molecule has 14 heavy (non-hydrogen) atoms. The zero-order chi connectivity index (χ0) is 9.97. The molecule has 2 nitrogen and oxygen atoms in total. The SMILES string of the molecule is O=[P+](O)Cc1cccc2ccccc12. The summed E-state index contributed by atoms with van der Waals surface area (Å²) in [5.41, 5.74) is 0.937. The van der Waals surface area contributed by atoms with E-state index in [0.29, 0.717) is 0 Å². The van der Waals surface area contributed by atoms with Gasteiger partial charge in [0, 0.05) is 5.56 Å². The molecule has 1 atom stereocenters. The summed E-state index contributed by atoms with van der Waals surface area (Å²) in [7, 11) is -2.10. The molecular formula is C11H10O2P+. The quantitative estimate of drug-likeness (QED) is 0.765. The molecule has 0 saturated heterocycles. The molecule has 0 amide bonds. The van der Waals surface area contributed by atoms with E-state index < -0.39 is 8.03 Å². The molecule has 0 spiro atoms. The highest BCUT2D eigenvalue weighted by Crippen LogP contribution is 2.27. The van der Waals surface area contributed by atoms with Gasteiger partial charge in [-0.1, -0.05) is 42.5 Å². The summed E-state index contributed by atoms with van der Waals surface area (Å²) >= 11 is 0. The molecule has 1 unspecified atom stereocenters. The fraction of sp³-hybridized carbons (Fsp3) is 0.0909. The molecule has 70 valence electrons. The van der Waals surface area contributed by atoms with Gasteiger partial charge in [0.15, 0.2) is 0 Å². The van der Waals surface area contributed by atoms with E-state index in [0.717, 1.165) is 16.3 Å². The van der Waals surface area contributed by atoms with E-state index in [1.165, 1.54) is 0 Å². The second kappa shape index (κ2) is 3.87. The Labute approximate surface area is 83.1 Å². The predicted molar refractivity (Wildman–Crippen MR) is 57.5 cm³/mol. The second-order valence-corrected chi connectivity index (χ2v) is 4.17. The van der Waals surface area contributed by atoms with Crippen LogP contribution in [-0.2, 0) is 10.7 Å². The van der Waals surface area contributed by atoms with Crippen molar-refractivity contribution in [2.24, 2.45) is 0 Å². The van der Waals surface area contributed by atoms with Crippen molar-refractivity contribution >= 4 is 18.8 Å². The molecule has 2 rings (SSSR count). The number of hydrogen-bond donors (Lipinski definition) is 1. The van der Waals surface area contributed by atoms with Crippen LogP contribution in [0.5, 0.6) is 0 Å². The third-order valence-electron chi connectivity index (χ3n) is 2.19. The minimum Gasteiger partial charge on any atom is -0.160 e. The maximum absolute atomic E-state index is 10.8. The lowest BCUT2D eigenvalue weighted by Crippen LogP contribution is -1.82. The van der Waals surface area contributed by atoms with Gasteiger partial charge in [-0.25, -0.2) is 0 Å². The molecule has 0 heterocycles. The van der Waals surface area contributed by atoms with Crippen LogP contribution in [0.25, 0.3) is 10.8 Å². The van der Waals surface area contributed by atoms with Crippen molar-refractivity contribution in [3.8, 4) is 0 Å². The second-order valence-electron chi connectivity index (χ2n) is 3.15. The fourth-order valence-electron chi connectivity index (χ4n) is 1.58. The molecule has 0 aliphatic heterocycles. The van der Waals surface area contributed by atoms with Crippen molar-refractivity contribution in [2.75, 3.05) is 0 Å². The topological polar surface area (TPSA) is 37.3 Å². The summed E-state index contributed by atoms with van der Waals surface area (Å²) < 4.78 is 10.8. The lowest BCUT2D eigenvalue weighted by Gasteiger charge is -1.99. The average Bonchev–Trinajstić information content (AvgIpc) is 2.18. The summed E-state index contributed by atoms with van der Waals surface area (Å²) in [6, 6.07) is 13.7. The number of benzene rings is 2. The van der Waals surface area contributed by atoms with Gasteiger partial charge >= 0.3 is 8.03 Å². The van der Waals surface area contributed by atoms with Gasteiger partial charge in [0.05, 0.1) is 0 Å². The normalized spacial score (nSPS) is 11.6. The standard InChI is InChI=1S/C11H9O2P/c12-14(13)8-10-6-3-5-9-4-1-2-7-11(9)10/h1-7H,8H2/p+1. The lowest BCUT2D eigenvalue weighted by atomic mass is 10.1. The maximum atomic E-state index is 10.8. The zero-order valence-corrected chi connectivity index (χ0v) is 8.45. The molecule has 0 aliphatic carbocycles. The van der Waals surface area contributed by atoms with E-state index in [9.17, 15) is 4.57 Å². The van der Waals surface area contributed by atoms with Crippen LogP contribution in [0.1, 0.15) is 5.56 Å². The minimum absolute atomic E-state index is 0.233. The molecule has 0 aromatic heterocycles. The summed E-state index contributed by atoms with van der Waals surface area (Å²) in [5, 5.41) is 2.18. The van der Waals surface area contributed by atoms with E-state index >= 15 is 0 Å². The van der Waals surface area contributed by atoms with E-state index in [1.54, 1.807) is 0 Å². The third kappa shape index (κ3) is 1.82. The molecule has 2 aromatic rings. The van der Waals surface area contributed by atoms with Crippen LogP contribution in [0.2, 0.25) is 0 Å². The van der Waals surface area contributed by atoms with Crippen LogP contribution in [0, 0.1) is 0 Å². The molecule has 2 aromatic carbocycles. The van der Waals surface area contributed by atoms with Gasteiger partial charge < -0.3 is 0 Å². The molecule has 0 aliphatic rings.